The molecular formula is C12H24N2. The maximum absolute atomic E-state index is 5.85. The van der Waals surface area contributed by atoms with Crippen molar-refractivity contribution in [1.29, 1.82) is 0 Å². The van der Waals surface area contributed by atoms with Gasteiger partial charge in [0.05, 0.1) is 0 Å². The van der Waals surface area contributed by atoms with E-state index in [1.165, 1.54) is 45.2 Å². The monoisotopic (exact) mass is 196 g/mol. The Hall–Kier alpha value is -0.0800. The summed E-state index contributed by atoms with van der Waals surface area (Å²) in [6, 6.07) is 0.830. The minimum absolute atomic E-state index is 0.793. The standard InChI is InChI=1S/C12H24N2/c1-2-10-8-14(9-10)12-6-4-3-5-11(12)7-13/h10-12H,2-9,13H2,1H3. The average molecular weight is 196 g/mol. The summed E-state index contributed by atoms with van der Waals surface area (Å²) >= 11 is 0. The summed E-state index contributed by atoms with van der Waals surface area (Å²) in [5.41, 5.74) is 5.85. The van der Waals surface area contributed by atoms with Crippen LogP contribution in [0, 0.1) is 11.8 Å². The van der Waals surface area contributed by atoms with Gasteiger partial charge in [-0.05, 0) is 31.2 Å². The first kappa shape index (κ1) is 10.4. The van der Waals surface area contributed by atoms with Gasteiger partial charge in [-0.15, -0.1) is 0 Å². The lowest BCUT2D eigenvalue weighted by Gasteiger charge is -2.48. The third-order valence-electron chi connectivity index (χ3n) is 4.20. The maximum Gasteiger partial charge on any atom is 0.0136 e. The molecule has 2 atom stereocenters. The predicted octanol–water partition coefficient (Wildman–Crippen LogP) is 1.85. The van der Waals surface area contributed by atoms with Crippen molar-refractivity contribution in [2.75, 3.05) is 19.6 Å². The quantitative estimate of drug-likeness (QED) is 0.746. The van der Waals surface area contributed by atoms with Gasteiger partial charge in [0, 0.05) is 19.1 Å². The van der Waals surface area contributed by atoms with Crippen LogP contribution in [0.2, 0.25) is 0 Å². The van der Waals surface area contributed by atoms with Crippen LogP contribution < -0.4 is 5.73 Å². The lowest BCUT2D eigenvalue weighted by Crippen LogP contribution is -2.56. The Morgan fingerprint density at radius 2 is 1.93 bits per heavy atom. The zero-order valence-corrected chi connectivity index (χ0v) is 9.41. The lowest BCUT2D eigenvalue weighted by molar-refractivity contribution is 0.00752. The van der Waals surface area contributed by atoms with Gasteiger partial charge < -0.3 is 5.73 Å². The second-order valence-corrected chi connectivity index (χ2v) is 5.08. The van der Waals surface area contributed by atoms with Crippen LogP contribution in [0.3, 0.4) is 0 Å². The van der Waals surface area contributed by atoms with E-state index in [1.54, 1.807) is 0 Å². The molecule has 0 bridgehead atoms. The van der Waals surface area contributed by atoms with Crippen molar-refractivity contribution in [2.24, 2.45) is 17.6 Å². The van der Waals surface area contributed by atoms with Crippen molar-refractivity contribution in [3.8, 4) is 0 Å². The average Bonchev–Trinajstić information content (AvgIpc) is 2.17. The Balaban J connectivity index is 1.83. The van der Waals surface area contributed by atoms with E-state index in [9.17, 15) is 0 Å². The number of likely N-dealkylation sites (tertiary alicyclic amines) is 1. The van der Waals surface area contributed by atoms with E-state index in [2.05, 4.69) is 11.8 Å². The van der Waals surface area contributed by atoms with Crippen LogP contribution >= 0.6 is 0 Å². The summed E-state index contributed by atoms with van der Waals surface area (Å²) in [5.74, 6) is 1.77. The highest BCUT2D eigenvalue weighted by Gasteiger charge is 2.35. The first-order valence-corrected chi connectivity index (χ1v) is 6.29. The Kier molecular flexibility index (Phi) is 3.45. The van der Waals surface area contributed by atoms with Crippen molar-refractivity contribution in [3.63, 3.8) is 0 Å². The largest absolute Gasteiger partial charge is 0.330 e. The Bertz CT molecular complexity index is 175. The van der Waals surface area contributed by atoms with Crippen molar-refractivity contribution in [1.82, 2.24) is 4.90 Å². The predicted molar refractivity (Wildman–Crippen MR) is 60.2 cm³/mol. The van der Waals surface area contributed by atoms with Gasteiger partial charge in [-0.1, -0.05) is 26.2 Å². The molecule has 0 aromatic heterocycles. The highest BCUT2D eigenvalue weighted by molar-refractivity contribution is 4.90. The zero-order chi connectivity index (χ0) is 9.97. The summed E-state index contributed by atoms with van der Waals surface area (Å²) in [5, 5.41) is 0. The lowest BCUT2D eigenvalue weighted by atomic mass is 9.80. The minimum atomic E-state index is 0.793. The van der Waals surface area contributed by atoms with Gasteiger partial charge in [-0.25, -0.2) is 0 Å². The Morgan fingerprint density at radius 1 is 1.21 bits per heavy atom. The van der Waals surface area contributed by atoms with E-state index in [0.717, 1.165) is 24.4 Å². The molecule has 2 N–H and O–H groups in total. The molecule has 0 aromatic carbocycles. The molecular weight excluding hydrogens is 172 g/mol. The van der Waals surface area contributed by atoms with Crippen molar-refractivity contribution >= 4 is 0 Å². The van der Waals surface area contributed by atoms with Crippen LogP contribution in [0.25, 0.3) is 0 Å². The molecule has 1 aliphatic carbocycles. The number of rotatable bonds is 3. The topological polar surface area (TPSA) is 29.3 Å². The van der Waals surface area contributed by atoms with Crippen molar-refractivity contribution in [3.05, 3.63) is 0 Å². The van der Waals surface area contributed by atoms with Gasteiger partial charge in [-0.3, -0.25) is 4.90 Å². The van der Waals surface area contributed by atoms with Crippen LogP contribution in [0.15, 0.2) is 0 Å². The van der Waals surface area contributed by atoms with E-state index in [1.807, 2.05) is 0 Å². The SMILES string of the molecule is CCC1CN(C2CCCCC2CN)C1. The van der Waals surface area contributed by atoms with Crippen molar-refractivity contribution in [2.45, 2.75) is 45.1 Å². The molecule has 82 valence electrons. The molecule has 2 fully saturated rings. The molecule has 0 amide bonds. The molecule has 2 unspecified atom stereocenters. The molecule has 2 heteroatoms. The van der Waals surface area contributed by atoms with Gasteiger partial charge in [0.25, 0.3) is 0 Å². The van der Waals surface area contributed by atoms with Crippen LogP contribution in [0.5, 0.6) is 0 Å². The zero-order valence-electron chi connectivity index (χ0n) is 9.41. The molecule has 2 rings (SSSR count). The third-order valence-corrected chi connectivity index (χ3v) is 4.20. The summed E-state index contributed by atoms with van der Waals surface area (Å²) in [6.07, 6.45) is 6.96. The number of nitrogens with two attached hydrogens (primary N) is 1. The molecule has 0 aromatic rings. The smallest absolute Gasteiger partial charge is 0.0136 e. The summed E-state index contributed by atoms with van der Waals surface area (Å²) in [7, 11) is 0. The van der Waals surface area contributed by atoms with Crippen molar-refractivity contribution < 1.29 is 0 Å². The molecule has 0 radical (unpaired) electrons. The molecule has 14 heavy (non-hydrogen) atoms. The first-order valence-electron chi connectivity index (χ1n) is 6.29. The van der Waals surface area contributed by atoms with Gasteiger partial charge in [0.1, 0.15) is 0 Å². The summed E-state index contributed by atoms with van der Waals surface area (Å²) < 4.78 is 0. The van der Waals surface area contributed by atoms with Gasteiger partial charge in [0.2, 0.25) is 0 Å². The number of hydrogen-bond donors (Lipinski definition) is 1. The molecule has 2 nitrogen and oxygen atoms in total. The maximum atomic E-state index is 5.85. The number of hydrogen-bond acceptors (Lipinski definition) is 2. The van der Waals surface area contributed by atoms with Gasteiger partial charge >= 0.3 is 0 Å². The van der Waals surface area contributed by atoms with Crippen LogP contribution in [0.1, 0.15) is 39.0 Å². The van der Waals surface area contributed by atoms with Crippen LogP contribution in [0.4, 0.5) is 0 Å². The second kappa shape index (κ2) is 4.63. The fraction of sp³-hybridized carbons (Fsp3) is 1.00. The van der Waals surface area contributed by atoms with E-state index in [-0.39, 0.29) is 0 Å². The molecule has 1 saturated carbocycles. The summed E-state index contributed by atoms with van der Waals surface area (Å²) in [4.78, 5) is 2.69. The molecule has 2 aliphatic rings. The highest BCUT2D eigenvalue weighted by Crippen LogP contribution is 2.32. The Morgan fingerprint density at radius 3 is 2.57 bits per heavy atom. The van der Waals surface area contributed by atoms with E-state index >= 15 is 0 Å². The van der Waals surface area contributed by atoms with E-state index in [4.69, 9.17) is 5.73 Å². The fourth-order valence-electron chi connectivity index (χ4n) is 3.08. The fourth-order valence-corrected chi connectivity index (χ4v) is 3.08. The Labute approximate surface area is 87.8 Å². The van der Waals surface area contributed by atoms with E-state index in [0.29, 0.717) is 0 Å². The number of nitrogens with zero attached hydrogens (tertiary/aromatic N) is 1. The van der Waals surface area contributed by atoms with Crippen LogP contribution in [-0.2, 0) is 0 Å². The summed E-state index contributed by atoms with van der Waals surface area (Å²) in [6.45, 7) is 5.90. The van der Waals surface area contributed by atoms with Gasteiger partial charge in [-0.2, -0.15) is 0 Å². The first-order chi connectivity index (χ1) is 6.85. The van der Waals surface area contributed by atoms with E-state index < -0.39 is 0 Å². The third kappa shape index (κ3) is 1.96. The molecule has 1 saturated heterocycles. The normalized spacial score (nSPS) is 35.6. The second-order valence-electron chi connectivity index (χ2n) is 5.08. The highest BCUT2D eigenvalue weighted by atomic mass is 15.2. The minimum Gasteiger partial charge on any atom is -0.330 e. The van der Waals surface area contributed by atoms with Crippen LogP contribution in [-0.4, -0.2) is 30.6 Å². The molecule has 1 aliphatic heterocycles. The molecule has 1 heterocycles. The molecule has 0 spiro atoms. The van der Waals surface area contributed by atoms with Gasteiger partial charge in [0.15, 0.2) is 0 Å².